The second-order valence-corrected chi connectivity index (χ2v) is 7.29. The van der Waals surface area contributed by atoms with Crippen LogP contribution in [0.15, 0.2) is 30.6 Å². The molecule has 1 amide bonds. The second kappa shape index (κ2) is 10.5. The number of carbonyl (C=O) groups is 2. The normalized spacial score (nSPS) is 11.8. The highest BCUT2D eigenvalue weighted by Gasteiger charge is 2.16. The van der Waals surface area contributed by atoms with E-state index in [1.165, 1.54) is 22.2 Å². The molecule has 0 fully saturated rings. The first-order chi connectivity index (χ1) is 14.5. The number of aryl methyl sites for hydroxylation is 1. The number of carbonyl (C=O) groups excluding carboxylic acids is 2. The summed E-state index contributed by atoms with van der Waals surface area (Å²) in [7, 11) is 0. The molecule has 0 aliphatic heterocycles. The van der Waals surface area contributed by atoms with Crippen molar-refractivity contribution < 1.29 is 18.7 Å². The Kier molecular flexibility index (Phi) is 7.49. The van der Waals surface area contributed by atoms with Crippen molar-refractivity contribution in [3.63, 3.8) is 0 Å². The zero-order valence-electron chi connectivity index (χ0n) is 16.2. The fourth-order valence-electron chi connectivity index (χ4n) is 2.50. The van der Waals surface area contributed by atoms with Crippen molar-refractivity contribution in [2.24, 2.45) is 0 Å². The third-order valence-corrected chi connectivity index (χ3v) is 4.76. The minimum absolute atomic E-state index is 0.0410. The molecule has 0 aliphatic rings. The van der Waals surface area contributed by atoms with E-state index in [0.29, 0.717) is 22.3 Å². The van der Waals surface area contributed by atoms with Gasteiger partial charge in [-0.2, -0.15) is 0 Å². The Hall–Kier alpha value is -3.28. The van der Waals surface area contributed by atoms with Gasteiger partial charge in [0.2, 0.25) is 11.0 Å². The van der Waals surface area contributed by atoms with Crippen molar-refractivity contribution in [1.82, 2.24) is 30.2 Å². The van der Waals surface area contributed by atoms with Gasteiger partial charge in [-0.3, -0.25) is 9.78 Å². The first-order valence-corrected chi connectivity index (χ1v) is 10.1. The van der Waals surface area contributed by atoms with Gasteiger partial charge in [0.15, 0.2) is 5.69 Å². The van der Waals surface area contributed by atoms with Crippen LogP contribution in [-0.2, 0) is 28.9 Å². The molecule has 0 saturated carbocycles. The molecule has 0 bridgehead atoms. The van der Waals surface area contributed by atoms with E-state index in [-0.39, 0.29) is 37.6 Å². The molecule has 3 aromatic rings. The molecule has 1 unspecified atom stereocenters. The van der Waals surface area contributed by atoms with Crippen LogP contribution in [0, 0.1) is 0 Å². The Balaban J connectivity index is 1.43. The van der Waals surface area contributed by atoms with Crippen molar-refractivity contribution in [1.29, 1.82) is 0 Å². The molecule has 1 N–H and O–H groups in total. The number of amides is 1. The van der Waals surface area contributed by atoms with Crippen LogP contribution in [0.3, 0.4) is 0 Å². The highest BCUT2D eigenvalue weighted by Crippen LogP contribution is 2.18. The molecule has 3 rings (SSSR count). The van der Waals surface area contributed by atoms with Crippen LogP contribution >= 0.6 is 11.3 Å². The van der Waals surface area contributed by atoms with Crippen LogP contribution in [0.1, 0.15) is 34.5 Å². The summed E-state index contributed by atoms with van der Waals surface area (Å²) in [5.74, 6) is -0.839. The van der Waals surface area contributed by atoms with Crippen LogP contribution in [0.5, 0.6) is 0 Å². The molecule has 12 heteroatoms. The van der Waals surface area contributed by atoms with Crippen molar-refractivity contribution in [3.05, 3.63) is 47.0 Å². The average molecular weight is 433 g/mol. The molecule has 0 saturated heterocycles. The SMILES string of the molecule is CCOC(=O)c1cn(CC(F)CCc2nnc(NC(=O)Cc3ccccn3)s2)nn1. The number of halogens is 1. The number of esters is 1. The van der Waals surface area contributed by atoms with Crippen LogP contribution < -0.4 is 5.32 Å². The first-order valence-electron chi connectivity index (χ1n) is 9.27. The molecular weight excluding hydrogens is 413 g/mol. The summed E-state index contributed by atoms with van der Waals surface area (Å²) in [6.07, 6.45) is 2.43. The van der Waals surface area contributed by atoms with Gasteiger partial charge in [0.1, 0.15) is 11.2 Å². The van der Waals surface area contributed by atoms with Gasteiger partial charge in [-0.25, -0.2) is 13.9 Å². The summed E-state index contributed by atoms with van der Waals surface area (Å²) in [6, 6.07) is 5.35. The van der Waals surface area contributed by atoms with Gasteiger partial charge >= 0.3 is 5.97 Å². The van der Waals surface area contributed by atoms with E-state index >= 15 is 0 Å². The fourth-order valence-corrected chi connectivity index (χ4v) is 3.27. The summed E-state index contributed by atoms with van der Waals surface area (Å²) in [4.78, 5) is 27.7. The number of aromatic nitrogens is 6. The lowest BCUT2D eigenvalue weighted by atomic mass is 10.2. The summed E-state index contributed by atoms with van der Waals surface area (Å²) < 4.78 is 20.3. The Labute approximate surface area is 175 Å². The van der Waals surface area contributed by atoms with Gasteiger partial charge in [-0.1, -0.05) is 22.6 Å². The Bertz CT molecular complexity index is 979. The van der Waals surface area contributed by atoms with Gasteiger partial charge in [-0.15, -0.1) is 15.3 Å². The highest BCUT2D eigenvalue weighted by atomic mass is 32.1. The topological polar surface area (TPSA) is 125 Å². The number of nitrogens with one attached hydrogen (secondary N) is 1. The van der Waals surface area contributed by atoms with Gasteiger partial charge in [0, 0.05) is 18.3 Å². The van der Waals surface area contributed by atoms with Crippen molar-refractivity contribution in [3.8, 4) is 0 Å². The largest absolute Gasteiger partial charge is 0.461 e. The lowest BCUT2D eigenvalue weighted by molar-refractivity contribution is -0.115. The Morgan fingerprint density at radius 1 is 1.30 bits per heavy atom. The molecule has 158 valence electrons. The van der Waals surface area contributed by atoms with E-state index in [1.807, 2.05) is 6.07 Å². The summed E-state index contributed by atoms with van der Waals surface area (Å²) in [5.41, 5.74) is 0.693. The van der Waals surface area contributed by atoms with Gasteiger partial charge in [0.05, 0.1) is 25.8 Å². The van der Waals surface area contributed by atoms with E-state index in [4.69, 9.17) is 4.74 Å². The lowest BCUT2D eigenvalue weighted by Crippen LogP contribution is -2.14. The number of rotatable bonds is 10. The predicted molar refractivity (Wildman–Crippen MR) is 106 cm³/mol. The van der Waals surface area contributed by atoms with Gasteiger partial charge in [0.25, 0.3) is 0 Å². The highest BCUT2D eigenvalue weighted by molar-refractivity contribution is 7.15. The van der Waals surface area contributed by atoms with Gasteiger partial charge in [-0.05, 0) is 25.5 Å². The zero-order chi connectivity index (χ0) is 21.3. The quantitative estimate of drug-likeness (QED) is 0.480. The number of pyridine rings is 1. The van der Waals surface area contributed by atoms with Crippen molar-refractivity contribution >= 4 is 28.3 Å². The molecule has 0 spiro atoms. The monoisotopic (exact) mass is 433 g/mol. The Morgan fingerprint density at radius 2 is 2.17 bits per heavy atom. The van der Waals surface area contributed by atoms with Crippen LogP contribution in [0.4, 0.5) is 9.52 Å². The first kappa shape index (κ1) is 21.4. The third kappa shape index (κ3) is 6.37. The van der Waals surface area contributed by atoms with Crippen LogP contribution in [0.25, 0.3) is 0 Å². The number of hydrogen-bond acceptors (Lipinski definition) is 9. The van der Waals surface area contributed by atoms with Crippen molar-refractivity contribution in [2.45, 2.75) is 38.9 Å². The molecule has 3 heterocycles. The summed E-state index contributed by atoms with van der Waals surface area (Å²) in [6.45, 7) is 1.87. The number of alkyl halides is 1. The second-order valence-electron chi connectivity index (χ2n) is 6.23. The summed E-state index contributed by atoms with van der Waals surface area (Å²) in [5, 5.41) is 18.9. The van der Waals surface area contributed by atoms with Crippen LogP contribution in [0.2, 0.25) is 0 Å². The van der Waals surface area contributed by atoms with E-state index in [9.17, 15) is 14.0 Å². The average Bonchev–Trinajstić information content (AvgIpc) is 3.37. The molecule has 0 aromatic carbocycles. The number of hydrogen-bond donors (Lipinski definition) is 1. The van der Waals surface area contributed by atoms with E-state index in [1.54, 1.807) is 25.3 Å². The fraction of sp³-hybridized carbons (Fsp3) is 0.389. The molecule has 0 aliphatic carbocycles. The number of anilines is 1. The summed E-state index contributed by atoms with van der Waals surface area (Å²) >= 11 is 1.20. The zero-order valence-corrected chi connectivity index (χ0v) is 17.0. The minimum Gasteiger partial charge on any atom is -0.461 e. The van der Waals surface area contributed by atoms with Crippen LogP contribution in [-0.4, -0.2) is 54.8 Å². The number of nitrogens with zero attached hydrogens (tertiary/aromatic N) is 6. The molecule has 10 nitrogen and oxygen atoms in total. The van der Waals surface area contributed by atoms with E-state index < -0.39 is 12.1 Å². The maximum atomic E-state index is 14.3. The van der Waals surface area contributed by atoms with E-state index in [2.05, 4.69) is 30.8 Å². The molecule has 0 radical (unpaired) electrons. The van der Waals surface area contributed by atoms with E-state index in [0.717, 1.165) is 0 Å². The lowest BCUT2D eigenvalue weighted by Gasteiger charge is -2.05. The Morgan fingerprint density at radius 3 is 2.93 bits per heavy atom. The predicted octanol–water partition coefficient (Wildman–Crippen LogP) is 1.85. The smallest absolute Gasteiger partial charge is 0.360 e. The molecule has 1 atom stereocenters. The maximum absolute atomic E-state index is 14.3. The molecule has 3 aromatic heterocycles. The molecular formula is C18H20FN7O3S. The number of ether oxygens (including phenoxy) is 1. The van der Waals surface area contributed by atoms with Crippen molar-refractivity contribution in [2.75, 3.05) is 11.9 Å². The molecule has 30 heavy (non-hydrogen) atoms. The maximum Gasteiger partial charge on any atom is 0.360 e. The van der Waals surface area contributed by atoms with Gasteiger partial charge < -0.3 is 10.1 Å². The third-order valence-electron chi connectivity index (χ3n) is 3.86. The standard InChI is InChI=1S/C18H20FN7O3S/c1-2-29-17(28)14-11-26(25-22-14)10-12(19)6-7-16-23-24-18(30-16)21-15(27)9-13-5-3-4-8-20-13/h3-5,8,11-12H,2,6-7,9-10H2,1H3,(H,21,24,27). The minimum atomic E-state index is -1.21.